The first-order valence-electron chi connectivity index (χ1n) is 10.9. The molecule has 0 radical (unpaired) electrons. The van der Waals surface area contributed by atoms with E-state index >= 15 is 0 Å². The summed E-state index contributed by atoms with van der Waals surface area (Å²) < 4.78 is 44.8. The van der Waals surface area contributed by atoms with E-state index in [1.165, 1.54) is 15.9 Å². The number of carbonyl (C=O) groups excluding carboxylic acids is 2. The molecule has 2 aliphatic heterocycles. The molecule has 2 N–H and O–H groups in total. The van der Waals surface area contributed by atoms with Crippen LogP contribution in [0.3, 0.4) is 0 Å². The molecule has 3 rings (SSSR count). The summed E-state index contributed by atoms with van der Waals surface area (Å²) in [6.45, 7) is 6.07. The van der Waals surface area contributed by atoms with Crippen molar-refractivity contribution in [1.82, 2.24) is 9.80 Å². The molecule has 0 aliphatic carbocycles. The van der Waals surface area contributed by atoms with Gasteiger partial charge in [-0.3, -0.25) is 4.79 Å². The summed E-state index contributed by atoms with van der Waals surface area (Å²) in [6, 6.07) is 1.67. The van der Waals surface area contributed by atoms with Gasteiger partial charge in [0.25, 0.3) is 0 Å². The number of hydrogen-bond donors (Lipinski definition) is 2. The average Bonchev–Trinajstić information content (AvgIpc) is 2.68. The van der Waals surface area contributed by atoms with Crippen molar-refractivity contribution in [3.05, 3.63) is 28.8 Å². The van der Waals surface area contributed by atoms with Gasteiger partial charge in [-0.2, -0.15) is 13.2 Å². The first-order chi connectivity index (χ1) is 15.2. The van der Waals surface area contributed by atoms with E-state index in [9.17, 15) is 27.9 Å². The largest absolute Gasteiger partial charge is 0.444 e. The number of ether oxygens (including phenoxy) is 1. The van der Waals surface area contributed by atoms with Crippen molar-refractivity contribution in [3.8, 4) is 0 Å². The summed E-state index contributed by atoms with van der Waals surface area (Å²) in [5, 5.41) is 13.3. The van der Waals surface area contributed by atoms with Crippen LogP contribution in [0, 0.1) is 0 Å². The van der Waals surface area contributed by atoms with Crippen LogP contribution in [0.5, 0.6) is 0 Å². The molecule has 3 atom stereocenters. The number of carbonyl (C=O) groups is 2. The maximum atomic E-state index is 13.2. The van der Waals surface area contributed by atoms with Gasteiger partial charge in [0.2, 0.25) is 5.91 Å². The van der Waals surface area contributed by atoms with Crippen LogP contribution in [0.1, 0.15) is 45.6 Å². The Bertz CT molecular complexity index is 891. The molecule has 1 aromatic rings. The van der Waals surface area contributed by atoms with E-state index in [1.54, 1.807) is 20.8 Å². The topological polar surface area (TPSA) is 82.1 Å². The number of aliphatic hydroxyl groups excluding tert-OH is 1. The summed E-state index contributed by atoms with van der Waals surface area (Å²) in [5.41, 5.74) is -1.49. The highest BCUT2D eigenvalue weighted by Gasteiger charge is 2.41. The lowest BCUT2D eigenvalue weighted by atomic mass is 9.96. The lowest BCUT2D eigenvalue weighted by Gasteiger charge is -2.45. The summed E-state index contributed by atoms with van der Waals surface area (Å²) in [4.78, 5) is 28.7. The van der Waals surface area contributed by atoms with Crippen LogP contribution in [0.2, 0.25) is 5.02 Å². The van der Waals surface area contributed by atoms with Crippen LogP contribution in [0.15, 0.2) is 18.2 Å². The maximum absolute atomic E-state index is 13.2. The zero-order valence-corrected chi connectivity index (χ0v) is 19.5. The minimum Gasteiger partial charge on any atom is -0.444 e. The Morgan fingerprint density at radius 3 is 2.52 bits per heavy atom. The molecule has 1 unspecified atom stereocenters. The van der Waals surface area contributed by atoms with Crippen molar-refractivity contribution in [2.45, 2.75) is 70.0 Å². The number of halogens is 4. The fraction of sp³-hybridized carbons (Fsp3) is 0.636. The molecule has 0 bridgehead atoms. The number of rotatable bonds is 3. The summed E-state index contributed by atoms with van der Waals surface area (Å²) in [5.74, 6) is -0.343. The van der Waals surface area contributed by atoms with Gasteiger partial charge in [-0.25, -0.2) is 4.79 Å². The van der Waals surface area contributed by atoms with Crippen molar-refractivity contribution in [2.75, 3.05) is 25.0 Å². The van der Waals surface area contributed by atoms with Gasteiger partial charge < -0.3 is 25.0 Å². The fourth-order valence-electron chi connectivity index (χ4n) is 4.12. The molecular weight excluding hydrogens is 463 g/mol. The van der Waals surface area contributed by atoms with Crippen molar-refractivity contribution in [1.29, 1.82) is 0 Å². The number of nitrogens with zero attached hydrogens (tertiary/aromatic N) is 2. The van der Waals surface area contributed by atoms with Gasteiger partial charge in [-0.1, -0.05) is 11.6 Å². The Balaban J connectivity index is 1.73. The standard InChI is InChI=1S/C22H29ClF3N3O4/c1-21(2,3)33-20(32)28-8-6-18(30)17(12-28)29-7-4-5-16(19(29)31)27-15-10-13(22(24,25)26)9-14(23)11-15/h9-11,16-18,27,30H,4-8,12H2,1-3H3/t16?,17-,18-/m0/s1. The molecule has 184 valence electrons. The number of alkyl halides is 3. The normalized spacial score (nSPS) is 24.6. The Hall–Kier alpha value is -2.20. The molecule has 0 aromatic heterocycles. The number of hydrogen-bond acceptors (Lipinski definition) is 5. The molecular formula is C22H29ClF3N3O4. The Morgan fingerprint density at radius 2 is 1.88 bits per heavy atom. The highest BCUT2D eigenvalue weighted by atomic mass is 35.5. The molecule has 2 saturated heterocycles. The second-order valence-corrected chi connectivity index (χ2v) is 9.88. The number of amides is 2. The van der Waals surface area contributed by atoms with Gasteiger partial charge in [0.05, 0.1) is 17.7 Å². The third-order valence-corrected chi connectivity index (χ3v) is 5.86. The number of aliphatic hydroxyl groups is 1. The van der Waals surface area contributed by atoms with Gasteiger partial charge in [0.1, 0.15) is 11.6 Å². The van der Waals surface area contributed by atoms with Gasteiger partial charge in [-0.15, -0.1) is 0 Å². The Labute approximate surface area is 195 Å². The van der Waals surface area contributed by atoms with Crippen LogP contribution in [0.4, 0.5) is 23.7 Å². The van der Waals surface area contributed by atoms with Gasteiger partial charge in [0, 0.05) is 30.3 Å². The average molecular weight is 492 g/mol. The van der Waals surface area contributed by atoms with Crippen LogP contribution in [0.25, 0.3) is 0 Å². The van der Waals surface area contributed by atoms with E-state index in [4.69, 9.17) is 16.3 Å². The lowest BCUT2D eigenvalue weighted by molar-refractivity contribution is -0.142. The van der Waals surface area contributed by atoms with Crippen molar-refractivity contribution < 1.29 is 32.6 Å². The van der Waals surface area contributed by atoms with Crippen LogP contribution in [-0.2, 0) is 15.7 Å². The maximum Gasteiger partial charge on any atom is 0.416 e. The molecule has 0 spiro atoms. The summed E-state index contributed by atoms with van der Waals surface area (Å²) >= 11 is 5.85. The molecule has 2 aliphatic rings. The SMILES string of the molecule is CC(C)(C)OC(=O)N1CC[C@H](O)[C@@H](N2CCCC(Nc3cc(Cl)cc(C(F)(F)F)c3)C2=O)C1. The quantitative estimate of drug-likeness (QED) is 0.664. The number of piperidine rings is 2. The van der Waals surface area contributed by atoms with E-state index < -0.39 is 41.6 Å². The molecule has 2 heterocycles. The number of anilines is 1. The van der Waals surface area contributed by atoms with E-state index in [0.29, 0.717) is 25.9 Å². The predicted molar refractivity (Wildman–Crippen MR) is 117 cm³/mol. The highest BCUT2D eigenvalue weighted by molar-refractivity contribution is 6.31. The highest BCUT2D eigenvalue weighted by Crippen LogP contribution is 2.34. The van der Waals surface area contributed by atoms with E-state index in [0.717, 1.165) is 12.1 Å². The van der Waals surface area contributed by atoms with Gasteiger partial charge in [-0.05, 0) is 58.2 Å². The molecule has 33 heavy (non-hydrogen) atoms. The van der Waals surface area contributed by atoms with Crippen LogP contribution >= 0.6 is 11.6 Å². The summed E-state index contributed by atoms with van der Waals surface area (Å²) in [6.07, 6.45) is -4.62. The monoisotopic (exact) mass is 491 g/mol. The van der Waals surface area contributed by atoms with Crippen LogP contribution < -0.4 is 5.32 Å². The zero-order valence-electron chi connectivity index (χ0n) is 18.8. The number of nitrogens with one attached hydrogen (secondary N) is 1. The first-order valence-corrected chi connectivity index (χ1v) is 11.2. The Kier molecular flexibility index (Phi) is 7.38. The van der Waals surface area contributed by atoms with Gasteiger partial charge >= 0.3 is 12.3 Å². The van der Waals surface area contributed by atoms with E-state index in [1.807, 2.05) is 0 Å². The third kappa shape index (κ3) is 6.44. The molecule has 7 nitrogen and oxygen atoms in total. The van der Waals surface area contributed by atoms with Crippen LogP contribution in [-0.4, -0.2) is 70.3 Å². The fourth-order valence-corrected chi connectivity index (χ4v) is 4.35. The smallest absolute Gasteiger partial charge is 0.416 e. The lowest BCUT2D eigenvalue weighted by Crippen LogP contribution is -2.62. The second-order valence-electron chi connectivity index (χ2n) is 9.45. The second kappa shape index (κ2) is 9.58. The van der Waals surface area contributed by atoms with Crippen molar-refractivity contribution >= 4 is 29.3 Å². The first kappa shape index (κ1) is 25.4. The molecule has 0 saturated carbocycles. The molecule has 2 fully saturated rings. The molecule has 1 aromatic carbocycles. The van der Waals surface area contributed by atoms with Crippen molar-refractivity contribution in [2.24, 2.45) is 0 Å². The molecule has 11 heteroatoms. The number of benzene rings is 1. The van der Waals surface area contributed by atoms with E-state index in [-0.39, 0.29) is 29.6 Å². The minimum absolute atomic E-state index is 0.0922. The van der Waals surface area contributed by atoms with Crippen molar-refractivity contribution in [3.63, 3.8) is 0 Å². The minimum atomic E-state index is -4.57. The van der Waals surface area contributed by atoms with Gasteiger partial charge in [0.15, 0.2) is 0 Å². The third-order valence-electron chi connectivity index (χ3n) is 5.64. The van der Waals surface area contributed by atoms with E-state index in [2.05, 4.69) is 5.32 Å². The zero-order chi connectivity index (χ0) is 24.6. The predicted octanol–water partition coefficient (Wildman–Crippen LogP) is 4.13. The number of likely N-dealkylation sites (tertiary alicyclic amines) is 2. The molecule has 2 amide bonds. The summed E-state index contributed by atoms with van der Waals surface area (Å²) in [7, 11) is 0. The Morgan fingerprint density at radius 1 is 1.18 bits per heavy atom.